The van der Waals surface area contributed by atoms with Gasteiger partial charge in [-0.2, -0.15) is 0 Å². The van der Waals surface area contributed by atoms with Crippen molar-refractivity contribution >= 4 is 5.91 Å². The van der Waals surface area contributed by atoms with Crippen molar-refractivity contribution in [3.8, 4) is 11.5 Å². The molecule has 2 aromatic carbocycles. The zero-order chi connectivity index (χ0) is 19.1. The van der Waals surface area contributed by atoms with E-state index in [0.29, 0.717) is 17.1 Å². The van der Waals surface area contributed by atoms with Gasteiger partial charge in [0, 0.05) is 25.2 Å². The normalized spacial score (nSPS) is 15.8. The fraction of sp³-hybridized carbons (Fsp3) is 0.381. The quantitative estimate of drug-likeness (QED) is 0.812. The molecule has 2 aromatic rings. The number of carbonyl (C=O) groups is 1. The lowest BCUT2D eigenvalue weighted by Crippen LogP contribution is -2.43. The Morgan fingerprint density at radius 2 is 1.78 bits per heavy atom. The summed E-state index contributed by atoms with van der Waals surface area (Å²) >= 11 is 0. The SMILES string of the molecule is COc1ccc(C(=O)NC(CN2CCOCC2)c2ccccc2)cc1OC. The molecular weight excluding hydrogens is 344 g/mol. The molecule has 1 atom stereocenters. The van der Waals surface area contributed by atoms with Crippen molar-refractivity contribution < 1.29 is 19.0 Å². The van der Waals surface area contributed by atoms with Gasteiger partial charge in [0.2, 0.25) is 0 Å². The van der Waals surface area contributed by atoms with Crippen molar-refractivity contribution in [2.24, 2.45) is 0 Å². The number of morpholine rings is 1. The zero-order valence-corrected chi connectivity index (χ0v) is 15.8. The van der Waals surface area contributed by atoms with E-state index in [9.17, 15) is 4.79 Å². The van der Waals surface area contributed by atoms with Crippen molar-refractivity contribution in [1.82, 2.24) is 10.2 Å². The summed E-state index contributed by atoms with van der Waals surface area (Å²) in [6.07, 6.45) is 0. The summed E-state index contributed by atoms with van der Waals surface area (Å²) in [6, 6.07) is 15.1. The Morgan fingerprint density at radius 1 is 1.07 bits per heavy atom. The molecule has 6 heteroatoms. The topological polar surface area (TPSA) is 60.0 Å². The van der Waals surface area contributed by atoms with Gasteiger partial charge < -0.3 is 19.5 Å². The first-order valence-corrected chi connectivity index (χ1v) is 9.09. The van der Waals surface area contributed by atoms with Crippen LogP contribution >= 0.6 is 0 Å². The average molecular weight is 370 g/mol. The number of nitrogens with zero attached hydrogens (tertiary/aromatic N) is 1. The van der Waals surface area contributed by atoms with Crippen molar-refractivity contribution in [3.63, 3.8) is 0 Å². The van der Waals surface area contributed by atoms with Crippen LogP contribution in [-0.2, 0) is 4.74 Å². The summed E-state index contributed by atoms with van der Waals surface area (Å²) in [5.74, 6) is 0.995. The Labute approximate surface area is 160 Å². The number of benzene rings is 2. The number of carbonyl (C=O) groups excluding carboxylic acids is 1. The van der Waals surface area contributed by atoms with Crippen molar-refractivity contribution in [1.29, 1.82) is 0 Å². The van der Waals surface area contributed by atoms with Crippen LogP contribution in [0.5, 0.6) is 11.5 Å². The van der Waals surface area contributed by atoms with Crippen molar-refractivity contribution in [2.75, 3.05) is 47.1 Å². The predicted octanol–water partition coefficient (Wildman–Crippen LogP) is 2.51. The molecule has 0 aliphatic carbocycles. The van der Waals surface area contributed by atoms with Crippen molar-refractivity contribution in [3.05, 3.63) is 59.7 Å². The van der Waals surface area contributed by atoms with Crippen LogP contribution in [0.25, 0.3) is 0 Å². The molecule has 1 aliphatic rings. The van der Waals surface area contributed by atoms with Crippen LogP contribution in [-0.4, -0.2) is 57.9 Å². The summed E-state index contributed by atoms with van der Waals surface area (Å²) < 4.78 is 16.0. The van der Waals surface area contributed by atoms with E-state index in [4.69, 9.17) is 14.2 Å². The Morgan fingerprint density at radius 3 is 2.44 bits per heavy atom. The average Bonchev–Trinajstić information content (AvgIpc) is 2.74. The third kappa shape index (κ3) is 4.99. The van der Waals surface area contributed by atoms with E-state index >= 15 is 0 Å². The number of methoxy groups -OCH3 is 2. The molecule has 0 saturated carbocycles. The van der Waals surface area contributed by atoms with E-state index in [0.717, 1.165) is 38.4 Å². The van der Waals surface area contributed by atoms with Gasteiger partial charge >= 0.3 is 0 Å². The highest BCUT2D eigenvalue weighted by Crippen LogP contribution is 2.28. The van der Waals surface area contributed by atoms with Gasteiger partial charge in [-0.15, -0.1) is 0 Å². The fourth-order valence-electron chi connectivity index (χ4n) is 3.18. The summed E-state index contributed by atoms with van der Waals surface area (Å²) in [4.78, 5) is 15.2. The smallest absolute Gasteiger partial charge is 0.251 e. The van der Waals surface area contributed by atoms with E-state index in [1.807, 2.05) is 30.3 Å². The van der Waals surface area contributed by atoms with E-state index in [-0.39, 0.29) is 11.9 Å². The van der Waals surface area contributed by atoms with Crippen LogP contribution < -0.4 is 14.8 Å². The van der Waals surface area contributed by atoms with Crippen LogP contribution in [0.15, 0.2) is 48.5 Å². The molecule has 1 fully saturated rings. The molecule has 3 rings (SSSR count). The standard InChI is InChI=1S/C21H26N2O4/c1-25-19-9-8-17(14-20(19)26-2)21(24)22-18(16-6-4-3-5-7-16)15-23-10-12-27-13-11-23/h3-9,14,18H,10-13,15H2,1-2H3,(H,22,24). The van der Waals surface area contributed by atoms with Crippen LogP contribution in [0.3, 0.4) is 0 Å². The highest BCUT2D eigenvalue weighted by atomic mass is 16.5. The summed E-state index contributed by atoms with van der Waals surface area (Å²) in [7, 11) is 3.14. The third-order valence-electron chi connectivity index (χ3n) is 4.70. The second-order valence-electron chi connectivity index (χ2n) is 6.42. The molecule has 0 radical (unpaired) electrons. The summed E-state index contributed by atoms with van der Waals surface area (Å²) in [5.41, 5.74) is 1.62. The van der Waals surface area contributed by atoms with Gasteiger partial charge in [-0.1, -0.05) is 30.3 Å². The summed E-state index contributed by atoms with van der Waals surface area (Å²) in [5, 5.41) is 3.17. The van der Waals surface area contributed by atoms with E-state index in [2.05, 4.69) is 10.2 Å². The first-order chi connectivity index (χ1) is 13.2. The number of amides is 1. The maximum atomic E-state index is 12.9. The van der Waals surface area contributed by atoms with Crippen LogP contribution in [0, 0.1) is 0 Å². The number of ether oxygens (including phenoxy) is 3. The Hall–Kier alpha value is -2.57. The van der Waals surface area contributed by atoms with Crippen LogP contribution in [0.2, 0.25) is 0 Å². The number of hydrogen-bond donors (Lipinski definition) is 1. The van der Waals surface area contributed by atoms with Crippen LogP contribution in [0.4, 0.5) is 0 Å². The highest BCUT2D eigenvalue weighted by Gasteiger charge is 2.21. The highest BCUT2D eigenvalue weighted by molar-refractivity contribution is 5.95. The minimum absolute atomic E-state index is 0.107. The number of rotatable bonds is 7. The first kappa shape index (κ1) is 19.2. The van der Waals surface area contributed by atoms with Gasteiger partial charge in [0.1, 0.15) is 0 Å². The Bertz CT molecular complexity index is 745. The van der Waals surface area contributed by atoms with Gasteiger partial charge in [0.15, 0.2) is 11.5 Å². The molecule has 1 heterocycles. The molecule has 0 bridgehead atoms. The minimum atomic E-state index is -0.141. The second-order valence-corrected chi connectivity index (χ2v) is 6.42. The second kappa shape index (κ2) is 9.39. The van der Waals surface area contributed by atoms with Gasteiger partial charge in [-0.25, -0.2) is 0 Å². The molecule has 1 unspecified atom stereocenters. The van der Waals surface area contributed by atoms with E-state index in [1.165, 1.54) is 0 Å². The molecule has 1 aliphatic heterocycles. The Kier molecular flexibility index (Phi) is 6.68. The maximum absolute atomic E-state index is 12.9. The molecule has 1 amide bonds. The molecule has 144 valence electrons. The van der Waals surface area contributed by atoms with E-state index in [1.54, 1.807) is 32.4 Å². The Balaban J connectivity index is 1.77. The van der Waals surface area contributed by atoms with Gasteiger partial charge in [-0.05, 0) is 23.8 Å². The first-order valence-electron chi connectivity index (χ1n) is 9.09. The third-order valence-corrected chi connectivity index (χ3v) is 4.70. The number of nitrogens with one attached hydrogen (secondary N) is 1. The van der Waals surface area contributed by atoms with E-state index < -0.39 is 0 Å². The lowest BCUT2D eigenvalue weighted by Gasteiger charge is -2.31. The van der Waals surface area contributed by atoms with Gasteiger partial charge in [-0.3, -0.25) is 9.69 Å². The maximum Gasteiger partial charge on any atom is 0.251 e. The van der Waals surface area contributed by atoms with Crippen molar-refractivity contribution in [2.45, 2.75) is 6.04 Å². The lowest BCUT2D eigenvalue weighted by atomic mass is 10.0. The monoisotopic (exact) mass is 370 g/mol. The largest absolute Gasteiger partial charge is 0.493 e. The van der Waals surface area contributed by atoms with Gasteiger partial charge in [0.05, 0.1) is 33.5 Å². The predicted molar refractivity (Wildman–Crippen MR) is 103 cm³/mol. The van der Waals surface area contributed by atoms with Crippen LogP contribution in [0.1, 0.15) is 22.0 Å². The minimum Gasteiger partial charge on any atom is -0.493 e. The lowest BCUT2D eigenvalue weighted by molar-refractivity contribution is 0.0332. The molecule has 6 nitrogen and oxygen atoms in total. The number of hydrogen-bond acceptors (Lipinski definition) is 5. The molecule has 1 N–H and O–H groups in total. The molecular formula is C21H26N2O4. The van der Waals surface area contributed by atoms with Gasteiger partial charge in [0.25, 0.3) is 5.91 Å². The molecule has 27 heavy (non-hydrogen) atoms. The molecule has 0 spiro atoms. The molecule has 0 aromatic heterocycles. The fourth-order valence-corrected chi connectivity index (χ4v) is 3.18. The molecule has 1 saturated heterocycles. The zero-order valence-electron chi connectivity index (χ0n) is 15.8. The summed E-state index contributed by atoms with van der Waals surface area (Å²) in [6.45, 7) is 3.94.